The molecule has 0 saturated heterocycles. The molecule has 76 valence electrons. The average molecular weight is 194 g/mol. The molecule has 1 aromatic rings. The minimum atomic E-state index is -0.925. The fraction of sp³-hybridized carbons (Fsp3) is 0.364. The zero-order valence-corrected chi connectivity index (χ0v) is 8.41. The van der Waals surface area contributed by atoms with Gasteiger partial charge in [-0.05, 0) is 18.1 Å². The van der Waals surface area contributed by atoms with Crippen molar-refractivity contribution >= 4 is 5.97 Å². The molecule has 0 aromatic heterocycles. The maximum Gasteiger partial charge on any atom is 0.339 e. The van der Waals surface area contributed by atoms with Crippen LogP contribution < -0.4 is 4.74 Å². The Morgan fingerprint density at radius 2 is 2.21 bits per heavy atom. The molecule has 1 aromatic carbocycles. The van der Waals surface area contributed by atoms with Gasteiger partial charge in [-0.25, -0.2) is 4.79 Å². The molecular formula is C11H14O3. The lowest BCUT2D eigenvalue weighted by molar-refractivity contribution is 0.0692. The first kappa shape index (κ1) is 10.6. The normalized spacial score (nSPS) is 9.86. The van der Waals surface area contributed by atoms with Crippen LogP contribution in [0, 0.1) is 0 Å². The first-order valence-electron chi connectivity index (χ1n) is 4.59. The Labute approximate surface area is 83.3 Å². The fourth-order valence-corrected chi connectivity index (χ4v) is 1.47. The molecule has 0 aliphatic rings. The quantitative estimate of drug-likeness (QED) is 0.800. The Morgan fingerprint density at radius 3 is 2.71 bits per heavy atom. The van der Waals surface area contributed by atoms with Gasteiger partial charge in [0.25, 0.3) is 0 Å². The summed E-state index contributed by atoms with van der Waals surface area (Å²) in [6.07, 6.45) is 1.69. The predicted octanol–water partition coefficient (Wildman–Crippen LogP) is 2.35. The molecule has 0 heterocycles. The number of aromatic carboxylic acids is 1. The van der Waals surface area contributed by atoms with E-state index in [2.05, 4.69) is 0 Å². The highest BCUT2D eigenvalue weighted by atomic mass is 16.5. The second kappa shape index (κ2) is 4.65. The lowest BCUT2D eigenvalue weighted by Crippen LogP contribution is -2.05. The molecule has 0 fully saturated rings. The molecule has 3 heteroatoms. The van der Waals surface area contributed by atoms with Crippen LogP contribution in [0.5, 0.6) is 5.75 Å². The van der Waals surface area contributed by atoms with Gasteiger partial charge in [0.15, 0.2) is 0 Å². The number of ether oxygens (including phenoxy) is 1. The van der Waals surface area contributed by atoms with E-state index < -0.39 is 5.97 Å². The summed E-state index contributed by atoms with van der Waals surface area (Å²) in [7, 11) is 1.48. The van der Waals surface area contributed by atoms with E-state index in [9.17, 15) is 4.79 Å². The molecule has 1 rings (SSSR count). The number of methoxy groups -OCH3 is 1. The maximum atomic E-state index is 11.0. The Hall–Kier alpha value is -1.51. The van der Waals surface area contributed by atoms with Crippen molar-refractivity contribution in [2.45, 2.75) is 19.8 Å². The molecule has 0 atom stereocenters. The molecule has 0 saturated carbocycles. The van der Waals surface area contributed by atoms with Crippen LogP contribution in [0.1, 0.15) is 29.3 Å². The zero-order chi connectivity index (χ0) is 10.6. The Morgan fingerprint density at radius 1 is 1.50 bits per heavy atom. The van der Waals surface area contributed by atoms with Gasteiger partial charge in [-0.15, -0.1) is 0 Å². The molecular weight excluding hydrogens is 180 g/mol. The van der Waals surface area contributed by atoms with Gasteiger partial charge in [-0.3, -0.25) is 0 Å². The monoisotopic (exact) mass is 194 g/mol. The zero-order valence-electron chi connectivity index (χ0n) is 8.41. The summed E-state index contributed by atoms with van der Waals surface area (Å²) >= 11 is 0. The highest BCUT2D eigenvalue weighted by molar-refractivity contribution is 5.92. The largest absolute Gasteiger partial charge is 0.496 e. The highest BCUT2D eigenvalue weighted by Crippen LogP contribution is 2.23. The molecule has 0 bridgehead atoms. The smallest absolute Gasteiger partial charge is 0.339 e. The second-order valence-electron chi connectivity index (χ2n) is 3.05. The minimum absolute atomic E-state index is 0.289. The van der Waals surface area contributed by atoms with Crippen molar-refractivity contribution in [2.24, 2.45) is 0 Å². The molecule has 0 amide bonds. The van der Waals surface area contributed by atoms with Gasteiger partial charge in [0.2, 0.25) is 0 Å². The van der Waals surface area contributed by atoms with Gasteiger partial charge >= 0.3 is 5.97 Å². The lowest BCUT2D eigenvalue weighted by atomic mass is 10.0. The molecule has 0 aliphatic carbocycles. The van der Waals surface area contributed by atoms with E-state index in [1.807, 2.05) is 19.1 Å². The number of hydrogen-bond acceptors (Lipinski definition) is 2. The summed E-state index contributed by atoms with van der Waals surface area (Å²) < 4.78 is 5.01. The number of carbonyl (C=O) groups is 1. The van der Waals surface area contributed by atoms with E-state index in [0.29, 0.717) is 5.75 Å². The summed E-state index contributed by atoms with van der Waals surface area (Å²) in [5, 5.41) is 9.02. The van der Waals surface area contributed by atoms with Crippen molar-refractivity contribution in [3.8, 4) is 5.75 Å². The van der Waals surface area contributed by atoms with Crippen LogP contribution in [-0.2, 0) is 6.42 Å². The van der Waals surface area contributed by atoms with E-state index >= 15 is 0 Å². The summed E-state index contributed by atoms with van der Waals surface area (Å²) in [4.78, 5) is 11.0. The van der Waals surface area contributed by atoms with Crippen molar-refractivity contribution < 1.29 is 14.6 Å². The molecule has 14 heavy (non-hydrogen) atoms. The van der Waals surface area contributed by atoms with Crippen LogP contribution in [0.2, 0.25) is 0 Å². The Bertz CT molecular complexity index is 331. The van der Waals surface area contributed by atoms with E-state index in [-0.39, 0.29) is 5.56 Å². The van der Waals surface area contributed by atoms with Gasteiger partial charge in [0.1, 0.15) is 11.3 Å². The maximum absolute atomic E-state index is 11.0. The molecule has 1 N–H and O–H groups in total. The Kier molecular flexibility index (Phi) is 3.51. The summed E-state index contributed by atoms with van der Waals surface area (Å²) in [6, 6.07) is 5.31. The first-order chi connectivity index (χ1) is 6.70. The number of rotatable bonds is 4. The third-order valence-electron chi connectivity index (χ3n) is 2.07. The van der Waals surface area contributed by atoms with E-state index in [1.54, 1.807) is 6.07 Å². The van der Waals surface area contributed by atoms with Crippen LogP contribution >= 0.6 is 0 Å². The molecule has 3 nitrogen and oxygen atoms in total. The molecule has 0 spiro atoms. The first-order valence-corrected chi connectivity index (χ1v) is 4.59. The number of aryl methyl sites for hydroxylation is 1. The second-order valence-corrected chi connectivity index (χ2v) is 3.05. The van der Waals surface area contributed by atoms with E-state index in [1.165, 1.54) is 7.11 Å². The van der Waals surface area contributed by atoms with Crippen LogP contribution in [-0.4, -0.2) is 18.2 Å². The van der Waals surface area contributed by atoms with E-state index in [4.69, 9.17) is 9.84 Å². The lowest BCUT2D eigenvalue weighted by Gasteiger charge is -2.09. The molecule has 0 unspecified atom stereocenters. The van der Waals surface area contributed by atoms with Gasteiger partial charge in [-0.2, -0.15) is 0 Å². The number of carboxylic acids is 1. The van der Waals surface area contributed by atoms with E-state index in [0.717, 1.165) is 18.4 Å². The standard InChI is InChI=1S/C11H14O3/c1-3-5-8-6-4-7-9(14-2)10(8)11(12)13/h4,6-7H,3,5H2,1-2H3,(H,12,13). The minimum Gasteiger partial charge on any atom is -0.496 e. The summed E-state index contributed by atoms with van der Waals surface area (Å²) in [6.45, 7) is 2.02. The number of carboxylic acid groups (broad SMARTS) is 1. The topological polar surface area (TPSA) is 46.5 Å². The van der Waals surface area contributed by atoms with Crippen molar-refractivity contribution in [2.75, 3.05) is 7.11 Å². The Balaban J connectivity index is 3.20. The van der Waals surface area contributed by atoms with Crippen molar-refractivity contribution in [3.05, 3.63) is 29.3 Å². The highest BCUT2D eigenvalue weighted by Gasteiger charge is 2.14. The molecule has 0 aliphatic heterocycles. The summed E-state index contributed by atoms with van der Waals surface area (Å²) in [5.41, 5.74) is 1.12. The van der Waals surface area contributed by atoms with Crippen molar-refractivity contribution in [3.63, 3.8) is 0 Å². The summed E-state index contributed by atoms with van der Waals surface area (Å²) in [5.74, 6) is -0.491. The van der Waals surface area contributed by atoms with Crippen LogP contribution in [0.15, 0.2) is 18.2 Å². The predicted molar refractivity (Wildman–Crippen MR) is 53.9 cm³/mol. The third kappa shape index (κ3) is 2.05. The number of hydrogen-bond donors (Lipinski definition) is 1. The molecule has 0 radical (unpaired) electrons. The van der Waals surface area contributed by atoms with Gasteiger partial charge in [0.05, 0.1) is 7.11 Å². The van der Waals surface area contributed by atoms with Gasteiger partial charge in [-0.1, -0.05) is 25.5 Å². The van der Waals surface area contributed by atoms with Gasteiger partial charge in [0, 0.05) is 0 Å². The van der Waals surface area contributed by atoms with Crippen molar-refractivity contribution in [1.29, 1.82) is 0 Å². The van der Waals surface area contributed by atoms with Crippen LogP contribution in [0.4, 0.5) is 0 Å². The average Bonchev–Trinajstić information content (AvgIpc) is 2.17. The van der Waals surface area contributed by atoms with Gasteiger partial charge < -0.3 is 9.84 Å². The van der Waals surface area contributed by atoms with Crippen LogP contribution in [0.25, 0.3) is 0 Å². The van der Waals surface area contributed by atoms with Crippen LogP contribution in [0.3, 0.4) is 0 Å². The SMILES string of the molecule is CCCc1cccc(OC)c1C(=O)O. The third-order valence-corrected chi connectivity index (χ3v) is 2.07. The number of benzene rings is 1. The fourth-order valence-electron chi connectivity index (χ4n) is 1.47. The van der Waals surface area contributed by atoms with Crippen molar-refractivity contribution in [1.82, 2.24) is 0 Å².